The van der Waals surface area contributed by atoms with Gasteiger partial charge in [-0.05, 0) is 42.0 Å². The predicted molar refractivity (Wildman–Crippen MR) is 75.2 cm³/mol. The number of thiophene rings is 1. The first-order valence-corrected chi connectivity index (χ1v) is 6.98. The number of nitrogens with one attached hydrogen (secondary N) is 1. The topological polar surface area (TPSA) is 52.9 Å². The fourth-order valence-electron chi connectivity index (χ4n) is 2.06. The highest BCUT2D eigenvalue weighted by Crippen LogP contribution is 2.47. The average molecular weight is 268 g/mol. The molecular weight excluding hydrogens is 256 g/mol. The van der Waals surface area contributed by atoms with Gasteiger partial charge in [0.2, 0.25) is 0 Å². The van der Waals surface area contributed by atoms with Crippen LogP contribution in [0, 0.1) is 11.3 Å². The Morgan fingerprint density at radius 3 is 2.53 bits per heavy atom. The molecule has 4 heteroatoms. The maximum atomic E-state index is 11.9. The number of nitriles is 1. The van der Waals surface area contributed by atoms with Gasteiger partial charge in [-0.2, -0.15) is 5.26 Å². The van der Waals surface area contributed by atoms with Gasteiger partial charge in [0, 0.05) is 5.69 Å². The summed E-state index contributed by atoms with van der Waals surface area (Å²) in [5.41, 5.74) is 1.54. The van der Waals surface area contributed by atoms with Gasteiger partial charge in [0.05, 0.1) is 16.4 Å². The van der Waals surface area contributed by atoms with Crippen LogP contribution in [0.2, 0.25) is 0 Å². The minimum absolute atomic E-state index is 0.0934. The molecule has 3 rings (SSSR count). The lowest BCUT2D eigenvalue weighted by atomic mass is 9.98. The Morgan fingerprint density at radius 2 is 2.00 bits per heavy atom. The quantitative estimate of drug-likeness (QED) is 0.925. The van der Waals surface area contributed by atoms with Crippen LogP contribution in [0.15, 0.2) is 41.8 Å². The maximum absolute atomic E-state index is 11.9. The van der Waals surface area contributed by atoms with Gasteiger partial charge in [-0.1, -0.05) is 18.2 Å². The highest BCUT2D eigenvalue weighted by molar-refractivity contribution is 7.12. The summed E-state index contributed by atoms with van der Waals surface area (Å²) in [5.74, 6) is -0.0934. The molecule has 1 aromatic heterocycles. The standard InChI is InChI=1S/C15H12N2OS/c16-10-15(7-8-15)11-3-5-12(6-4-11)17-14(18)13-2-1-9-19-13/h1-6,9H,7-8H2,(H,17,18). The third kappa shape index (κ3) is 2.25. The molecule has 1 aliphatic carbocycles. The normalized spacial score (nSPS) is 15.5. The van der Waals surface area contributed by atoms with Gasteiger partial charge >= 0.3 is 0 Å². The summed E-state index contributed by atoms with van der Waals surface area (Å²) in [6, 6.07) is 13.6. The van der Waals surface area contributed by atoms with E-state index in [1.54, 1.807) is 6.07 Å². The monoisotopic (exact) mass is 268 g/mol. The minimum atomic E-state index is -0.268. The van der Waals surface area contributed by atoms with Crippen LogP contribution in [-0.4, -0.2) is 5.91 Å². The molecule has 1 N–H and O–H groups in total. The van der Waals surface area contributed by atoms with E-state index in [9.17, 15) is 4.79 Å². The predicted octanol–water partition coefficient (Wildman–Crippen LogP) is 3.56. The van der Waals surface area contributed by atoms with Gasteiger partial charge < -0.3 is 5.32 Å². The second-order valence-corrected chi connectivity index (χ2v) is 5.65. The van der Waals surface area contributed by atoms with Crippen molar-refractivity contribution >= 4 is 22.9 Å². The first kappa shape index (κ1) is 11.9. The molecule has 2 aromatic rings. The van der Waals surface area contributed by atoms with Crippen LogP contribution >= 0.6 is 11.3 Å². The van der Waals surface area contributed by atoms with Gasteiger partial charge in [0.25, 0.3) is 5.91 Å². The van der Waals surface area contributed by atoms with E-state index in [0.717, 1.165) is 24.1 Å². The van der Waals surface area contributed by atoms with Crippen molar-refractivity contribution in [2.45, 2.75) is 18.3 Å². The van der Waals surface area contributed by atoms with Crippen molar-refractivity contribution in [2.75, 3.05) is 5.32 Å². The molecule has 1 amide bonds. The minimum Gasteiger partial charge on any atom is -0.321 e. The second-order valence-electron chi connectivity index (χ2n) is 4.70. The number of benzene rings is 1. The van der Waals surface area contributed by atoms with E-state index in [1.807, 2.05) is 35.7 Å². The molecule has 0 bridgehead atoms. The highest BCUT2D eigenvalue weighted by atomic mass is 32.1. The van der Waals surface area contributed by atoms with Gasteiger partial charge in [-0.25, -0.2) is 0 Å². The fourth-order valence-corrected chi connectivity index (χ4v) is 2.68. The largest absolute Gasteiger partial charge is 0.321 e. The number of rotatable bonds is 3. The van der Waals surface area contributed by atoms with Gasteiger partial charge in [0.1, 0.15) is 0 Å². The van der Waals surface area contributed by atoms with E-state index in [1.165, 1.54) is 11.3 Å². The van der Waals surface area contributed by atoms with E-state index in [0.29, 0.717) is 4.88 Å². The number of anilines is 1. The lowest BCUT2D eigenvalue weighted by Gasteiger charge is -2.08. The third-order valence-corrected chi connectivity index (χ3v) is 4.27. The number of carbonyl (C=O) groups excluding carboxylic acids is 1. The van der Waals surface area contributed by atoms with Crippen molar-refractivity contribution in [2.24, 2.45) is 0 Å². The van der Waals surface area contributed by atoms with Crippen LogP contribution in [-0.2, 0) is 5.41 Å². The Hall–Kier alpha value is -2.12. The molecule has 1 fully saturated rings. The number of nitrogens with zero attached hydrogens (tertiary/aromatic N) is 1. The molecule has 1 aliphatic rings. The van der Waals surface area contributed by atoms with Crippen molar-refractivity contribution in [3.8, 4) is 6.07 Å². The molecule has 0 saturated heterocycles. The van der Waals surface area contributed by atoms with E-state index in [-0.39, 0.29) is 11.3 Å². The Bertz CT molecular complexity index is 634. The zero-order chi connectivity index (χ0) is 13.3. The average Bonchev–Trinajstić information content (AvgIpc) is 3.04. The first-order valence-electron chi connectivity index (χ1n) is 6.10. The molecule has 0 atom stereocenters. The van der Waals surface area contributed by atoms with E-state index >= 15 is 0 Å². The Labute approximate surface area is 115 Å². The zero-order valence-corrected chi connectivity index (χ0v) is 11.0. The zero-order valence-electron chi connectivity index (χ0n) is 10.2. The van der Waals surface area contributed by atoms with Crippen molar-refractivity contribution in [1.82, 2.24) is 0 Å². The van der Waals surface area contributed by atoms with E-state index < -0.39 is 0 Å². The van der Waals surface area contributed by atoms with Crippen molar-refractivity contribution < 1.29 is 4.79 Å². The van der Waals surface area contributed by atoms with E-state index in [4.69, 9.17) is 5.26 Å². The van der Waals surface area contributed by atoms with Crippen LogP contribution in [0.1, 0.15) is 28.1 Å². The smallest absolute Gasteiger partial charge is 0.265 e. The molecule has 0 radical (unpaired) electrons. The van der Waals surface area contributed by atoms with Gasteiger partial charge in [-0.3, -0.25) is 4.79 Å². The Balaban J connectivity index is 1.74. The van der Waals surface area contributed by atoms with Crippen LogP contribution in [0.25, 0.3) is 0 Å². The van der Waals surface area contributed by atoms with Crippen LogP contribution in [0.4, 0.5) is 5.69 Å². The van der Waals surface area contributed by atoms with Gasteiger partial charge in [0.15, 0.2) is 0 Å². The van der Waals surface area contributed by atoms with Crippen molar-refractivity contribution in [3.05, 3.63) is 52.2 Å². The van der Waals surface area contributed by atoms with Crippen LogP contribution in [0.3, 0.4) is 0 Å². The summed E-state index contributed by atoms with van der Waals surface area (Å²) in [7, 11) is 0. The molecule has 3 nitrogen and oxygen atoms in total. The second kappa shape index (κ2) is 4.52. The number of carbonyl (C=O) groups is 1. The van der Waals surface area contributed by atoms with Crippen LogP contribution in [0.5, 0.6) is 0 Å². The Morgan fingerprint density at radius 1 is 1.26 bits per heavy atom. The van der Waals surface area contributed by atoms with Crippen LogP contribution < -0.4 is 5.32 Å². The van der Waals surface area contributed by atoms with Crippen molar-refractivity contribution in [3.63, 3.8) is 0 Å². The molecule has 94 valence electrons. The summed E-state index contributed by atoms with van der Waals surface area (Å²) < 4.78 is 0. The summed E-state index contributed by atoms with van der Waals surface area (Å²) in [4.78, 5) is 12.6. The molecule has 0 aliphatic heterocycles. The SMILES string of the molecule is N#CC1(c2ccc(NC(=O)c3cccs3)cc2)CC1. The van der Waals surface area contributed by atoms with Gasteiger partial charge in [-0.15, -0.1) is 11.3 Å². The van der Waals surface area contributed by atoms with Crippen molar-refractivity contribution in [1.29, 1.82) is 5.26 Å². The lowest BCUT2D eigenvalue weighted by molar-refractivity contribution is 0.103. The van der Waals surface area contributed by atoms with E-state index in [2.05, 4.69) is 11.4 Å². The molecule has 1 saturated carbocycles. The highest BCUT2D eigenvalue weighted by Gasteiger charge is 2.44. The summed E-state index contributed by atoms with van der Waals surface area (Å²) in [5, 5.41) is 13.9. The number of amides is 1. The number of hydrogen-bond donors (Lipinski definition) is 1. The summed E-state index contributed by atoms with van der Waals surface area (Å²) in [6.07, 6.45) is 1.87. The fraction of sp³-hybridized carbons (Fsp3) is 0.200. The summed E-state index contributed by atoms with van der Waals surface area (Å²) in [6.45, 7) is 0. The molecule has 0 spiro atoms. The molecule has 1 heterocycles. The molecular formula is C15H12N2OS. The molecule has 19 heavy (non-hydrogen) atoms. The molecule has 0 unspecified atom stereocenters. The molecule has 1 aromatic carbocycles. The Kier molecular flexibility index (Phi) is 2.84. The summed E-state index contributed by atoms with van der Waals surface area (Å²) >= 11 is 1.42. The lowest BCUT2D eigenvalue weighted by Crippen LogP contribution is -2.10. The third-order valence-electron chi connectivity index (χ3n) is 3.40. The number of hydrogen-bond acceptors (Lipinski definition) is 3. The first-order chi connectivity index (χ1) is 9.23. The maximum Gasteiger partial charge on any atom is 0.265 e.